The highest BCUT2D eigenvalue weighted by Crippen LogP contribution is 2.34. The fraction of sp³-hybridized carbons (Fsp3) is 0.200. The van der Waals surface area contributed by atoms with Gasteiger partial charge in [0, 0.05) is 34.6 Å². The van der Waals surface area contributed by atoms with E-state index >= 15 is 0 Å². The molecule has 1 unspecified atom stereocenters. The van der Waals surface area contributed by atoms with Gasteiger partial charge in [0.25, 0.3) is 11.8 Å². The van der Waals surface area contributed by atoms with Gasteiger partial charge in [-0.2, -0.15) is 0 Å². The summed E-state index contributed by atoms with van der Waals surface area (Å²) in [5.74, 6) is -0.0987. The lowest BCUT2D eigenvalue weighted by Crippen LogP contribution is -2.32. The average Bonchev–Trinajstić information content (AvgIpc) is 3.02. The fourth-order valence-corrected chi connectivity index (χ4v) is 3.71. The van der Waals surface area contributed by atoms with Gasteiger partial charge in [0.2, 0.25) is 0 Å². The Morgan fingerprint density at radius 1 is 0.933 bits per heavy atom. The van der Waals surface area contributed by atoms with Crippen LogP contribution >= 0.6 is 0 Å². The number of nitrogens with zero attached hydrogens (tertiary/aromatic N) is 1. The summed E-state index contributed by atoms with van der Waals surface area (Å²) >= 11 is 0. The van der Waals surface area contributed by atoms with E-state index < -0.39 is 0 Å². The molecule has 0 fully saturated rings. The van der Waals surface area contributed by atoms with E-state index in [1.165, 1.54) is 0 Å². The predicted octanol–water partition coefficient (Wildman–Crippen LogP) is 5.22. The molecule has 0 bridgehead atoms. The fourth-order valence-electron chi connectivity index (χ4n) is 3.71. The highest BCUT2D eigenvalue weighted by molar-refractivity contribution is 6.04. The molecule has 152 valence electrons. The number of aryl methyl sites for hydroxylation is 1. The number of anilines is 2. The van der Waals surface area contributed by atoms with E-state index in [1.807, 2.05) is 72.5 Å². The number of carbonyl (C=O) groups excluding carboxylic acids is 2. The summed E-state index contributed by atoms with van der Waals surface area (Å²) in [4.78, 5) is 27.1. The molecular weight excluding hydrogens is 374 g/mol. The molecule has 1 aliphatic heterocycles. The maximum atomic E-state index is 12.8. The van der Waals surface area contributed by atoms with E-state index in [0.29, 0.717) is 12.1 Å². The van der Waals surface area contributed by atoms with Crippen LogP contribution in [0.2, 0.25) is 0 Å². The summed E-state index contributed by atoms with van der Waals surface area (Å²) in [5, 5.41) is 6.37. The molecule has 1 heterocycles. The zero-order chi connectivity index (χ0) is 21.1. The topological polar surface area (TPSA) is 61.4 Å². The number of benzene rings is 3. The predicted molar refractivity (Wildman–Crippen MR) is 120 cm³/mol. The minimum Gasteiger partial charge on any atom is -0.361 e. The smallest absolute Gasteiger partial charge is 0.256 e. The largest absolute Gasteiger partial charge is 0.361 e. The molecular formula is C25H25N3O2. The maximum Gasteiger partial charge on any atom is 0.256 e. The second-order valence-corrected chi connectivity index (χ2v) is 7.53. The normalized spacial score (nSPS) is 15.1. The molecule has 4 rings (SSSR count). The van der Waals surface area contributed by atoms with Gasteiger partial charge in [-0.1, -0.05) is 42.8 Å². The van der Waals surface area contributed by atoms with E-state index in [2.05, 4.69) is 17.6 Å². The van der Waals surface area contributed by atoms with Crippen molar-refractivity contribution in [2.75, 3.05) is 17.2 Å². The highest BCUT2D eigenvalue weighted by Gasteiger charge is 2.35. The Kier molecular flexibility index (Phi) is 5.53. The lowest BCUT2D eigenvalue weighted by atomic mass is 10.1. The molecule has 5 heteroatoms. The lowest BCUT2D eigenvalue weighted by molar-refractivity contribution is 0.0743. The van der Waals surface area contributed by atoms with Crippen LogP contribution in [0, 0.1) is 6.92 Å². The molecule has 0 aliphatic carbocycles. The molecule has 5 nitrogen and oxygen atoms in total. The molecule has 3 aromatic carbocycles. The summed E-state index contributed by atoms with van der Waals surface area (Å²) in [6, 6.07) is 22.7. The summed E-state index contributed by atoms with van der Waals surface area (Å²) in [5.41, 5.74) is 5.08. The Hall–Kier alpha value is -3.60. The number of hydrogen-bond donors (Lipinski definition) is 2. The van der Waals surface area contributed by atoms with Crippen molar-refractivity contribution in [3.05, 3.63) is 95.1 Å². The second-order valence-electron chi connectivity index (χ2n) is 7.53. The number of rotatable bonds is 6. The van der Waals surface area contributed by atoms with Gasteiger partial charge < -0.3 is 15.5 Å². The Morgan fingerprint density at radius 2 is 1.60 bits per heavy atom. The van der Waals surface area contributed by atoms with Crippen molar-refractivity contribution in [2.45, 2.75) is 26.4 Å². The van der Waals surface area contributed by atoms with Crippen LogP contribution in [0.1, 0.15) is 51.4 Å². The van der Waals surface area contributed by atoms with Crippen LogP contribution in [0.15, 0.2) is 72.8 Å². The van der Waals surface area contributed by atoms with Crippen LogP contribution in [-0.4, -0.2) is 23.3 Å². The number of amides is 2. The number of carbonyl (C=O) groups is 2. The first-order valence-electron chi connectivity index (χ1n) is 10.2. The summed E-state index contributed by atoms with van der Waals surface area (Å²) in [6.07, 6.45) is 0.677. The van der Waals surface area contributed by atoms with E-state index in [-0.39, 0.29) is 18.0 Å². The Morgan fingerprint density at radius 3 is 2.30 bits per heavy atom. The van der Waals surface area contributed by atoms with E-state index in [1.54, 1.807) is 12.1 Å². The quantitative estimate of drug-likeness (QED) is 0.597. The third-order valence-corrected chi connectivity index (χ3v) is 5.28. The lowest BCUT2D eigenvalue weighted by Gasteiger charge is -2.26. The first-order chi connectivity index (χ1) is 14.6. The Bertz CT molecular complexity index is 1060. The third-order valence-electron chi connectivity index (χ3n) is 5.28. The zero-order valence-corrected chi connectivity index (χ0v) is 17.2. The molecule has 1 aliphatic rings. The molecule has 3 aromatic rings. The van der Waals surface area contributed by atoms with Crippen molar-refractivity contribution in [2.24, 2.45) is 0 Å². The standard InChI is InChI=1S/C25H25N3O2/c1-3-16-28-23(21-6-4-5-7-22(21)25(28)30)26-19-14-10-18(11-15-19)24(29)27-20-12-8-17(2)9-13-20/h4-15,23,26H,3,16H2,1-2H3,(H,27,29). The Labute approximate surface area is 176 Å². The number of fused-ring (bicyclic) bond motifs is 1. The van der Waals surface area contributed by atoms with Crippen LogP contribution in [0.5, 0.6) is 0 Å². The van der Waals surface area contributed by atoms with Crippen molar-refractivity contribution >= 4 is 23.2 Å². The van der Waals surface area contributed by atoms with Crippen LogP contribution in [0.3, 0.4) is 0 Å². The first kappa shape index (κ1) is 19.7. The van der Waals surface area contributed by atoms with Crippen molar-refractivity contribution in [3.63, 3.8) is 0 Å². The molecule has 0 spiro atoms. The molecule has 0 saturated heterocycles. The van der Waals surface area contributed by atoms with Gasteiger partial charge in [-0.05, 0) is 55.8 Å². The van der Waals surface area contributed by atoms with Crippen molar-refractivity contribution in [1.29, 1.82) is 0 Å². The maximum absolute atomic E-state index is 12.8. The van der Waals surface area contributed by atoms with Crippen molar-refractivity contribution in [3.8, 4) is 0 Å². The summed E-state index contributed by atoms with van der Waals surface area (Å²) in [6.45, 7) is 4.76. The van der Waals surface area contributed by atoms with Crippen molar-refractivity contribution in [1.82, 2.24) is 4.90 Å². The number of hydrogen-bond acceptors (Lipinski definition) is 3. The Balaban J connectivity index is 1.49. The van der Waals surface area contributed by atoms with Gasteiger partial charge in [0.15, 0.2) is 0 Å². The minimum absolute atomic E-state index is 0.0547. The van der Waals surface area contributed by atoms with Crippen LogP contribution in [0.4, 0.5) is 11.4 Å². The van der Waals surface area contributed by atoms with Gasteiger partial charge in [-0.3, -0.25) is 9.59 Å². The first-order valence-corrected chi connectivity index (χ1v) is 10.2. The summed E-state index contributed by atoms with van der Waals surface area (Å²) in [7, 11) is 0. The van der Waals surface area contributed by atoms with E-state index in [9.17, 15) is 9.59 Å². The number of nitrogens with one attached hydrogen (secondary N) is 2. The monoisotopic (exact) mass is 399 g/mol. The van der Waals surface area contributed by atoms with Gasteiger partial charge in [-0.15, -0.1) is 0 Å². The SMILES string of the molecule is CCCN1C(=O)c2ccccc2C1Nc1ccc(C(=O)Nc2ccc(C)cc2)cc1. The van der Waals surface area contributed by atoms with Gasteiger partial charge in [0.1, 0.15) is 6.17 Å². The molecule has 30 heavy (non-hydrogen) atoms. The van der Waals surface area contributed by atoms with E-state index in [0.717, 1.165) is 34.5 Å². The summed E-state index contributed by atoms with van der Waals surface area (Å²) < 4.78 is 0. The van der Waals surface area contributed by atoms with Gasteiger partial charge in [0.05, 0.1) is 0 Å². The zero-order valence-electron chi connectivity index (χ0n) is 17.2. The molecule has 0 aromatic heterocycles. The van der Waals surface area contributed by atoms with E-state index in [4.69, 9.17) is 0 Å². The minimum atomic E-state index is -0.208. The molecule has 0 radical (unpaired) electrons. The third kappa shape index (κ3) is 3.92. The van der Waals surface area contributed by atoms with Crippen LogP contribution in [0.25, 0.3) is 0 Å². The highest BCUT2D eigenvalue weighted by atomic mass is 16.2. The van der Waals surface area contributed by atoms with Gasteiger partial charge in [-0.25, -0.2) is 0 Å². The van der Waals surface area contributed by atoms with Crippen LogP contribution in [-0.2, 0) is 0 Å². The molecule has 2 amide bonds. The molecule has 0 saturated carbocycles. The molecule has 2 N–H and O–H groups in total. The van der Waals surface area contributed by atoms with Crippen molar-refractivity contribution < 1.29 is 9.59 Å². The van der Waals surface area contributed by atoms with Gasteiger partial charge >= 0.3 is 0 Å². The molecule has 1 atom stereocenters. The van der Waals surface area contributed by atoms with Crippen LogP contribution < -0.4 is 10.6 Å². The average molecular weight is 399 g/mol. The second kappa shape index (κ2) is 8.41.